The van der Waals surface area contributed by atoms with E-state index >= 15 is 0 Å². The van der Waals surface area contributed by atoms with Crippen molar-refractivity contribution in [3.05, 3.63) is 28.4 Å². The van der Waals surface area contributed by atoms with Gasteiger partial charge in [-0.15, -0.1) is 0 Å². The van der Waals surface area contributed by atoms with Gasteiger partial charge in [-0.3, -0.25) is 0 Å². The second-order valence-electron chi connectivity index (χ2n) is 5.70. The Morgan fingerprint density at radius 1 is 1.38 bits per heavy atom. The predicted octanol–water partition coefficient (Wildman–Crippen LogP) is 4.56. The number of nitrogens with zero attached hydrogens (tertiary/aromatic N) is 1. The van der Waals surface area contributed by atoms with E-state index in [-0.39, 0.29) is 0 Å². The summed E-state index contributed by atoms with van der Waals surface area (Å²) in [5.74, 6) is 2.23. The Morgan fingerprint density at radius 2 is 2.10 bits per heavy atom. The van der Waals surface area contributed by atoms with Crippen molar-refractivity contribution < 1.29 is 0 Å². The van der Waals surface area contributed by atoms with Gasteiger partial charge in [0.2, 0.25) is 0 Å². The summed E-state index contributed by atoms with van der Waals surface area (Å²) in [5.41, 5.74) is 2.48. The Balaban J connectivity index is 2.91. The smallest absolute Gasteiger partial charge is 0.134 e. The van der Waals surface area contributed by atoms with Crippen molar-refractivity contribution in [2.24, 2.45) is 11.8 Å². The molecule has 0 spiro atoms. The van der Waals surface area contributed by atoms with Gasteiger partial charge in [0, 0.05) is 12.6 Å². The van der Waals surface area contributed by atoms with E-state index in [0.717, 1.165) is 17.0 Å². The molecule has 0 saturated heterocycles. The Bertz CT molecular complexity index is 471. The maximum Gasteiger partial charge on any atom is 0.134 e. The highest BCUT2D eigenvalue weighted by Gasteiger charge is 2.11. The van der Waals surface area contributed by atoms with E-state index in [2.05, 4.69) is 64.5 Å². The number of anilines is 1. The number of hydrogen-bond donors (Lipinski definition) is 2. The SMILES string of the molecule is CCC(/C=C(\C)c1ccc(Br)nc1NC)CC(C)CNC. The van der Waals surface area contributed by atoms with Crippen LogP contribution in [0.3, 0.4) is 0 Å². The molecule has 0 aromatic carbocycles. The average molecular weight is 354 g/mol. The summed E-state index contributed by atoms with van der Waals surface area (Å²) in [6, 6.07) is 4.12. The Hall–Kier alpha value is -0.870. The van der Waals surface area contributed by atoms with Crippen LogP contribution in [0.5, 0.6) is 0 Å². The van der Waals surface area contributed by atoms with Crippen LogP contribution in [0.15, 0.2) is 22.8 Å². The summed E-state index contributed by atoms with van der Waals surface area (Å²) < 4.78 is 0.859. The number of nitrogens with one attached hydrogen (secondary N) is 2. The molecule has 0 aliphatic rings. The van der Waals surface area contributed by atoms with E-state index in [9.17, 15) is 0 Å². The molecule has 0 radical (unpaired) electrons. The molecule has 0 amide bonds. The molecule has 0 saturated carbocycles. The molecule has 1 aromatic heterocycles. The minimum Gasteiger partial charge on any atom is -0.373 e. The molecule has 118 valence electrons. The summed E-state index contributed by atoms with van der Waals surface area (Å²) >= 11 is 3.42. The van der Waals surface area contributed by atoms with Gasteiger partial charge >= 0.3 is 0 Å². The third-order valence-corrected chi connectivity index (χ3v) is 4.23. The van der Waals surface area contributed by atoms with Crippen molar-refractivity contribution in [1.29, 1.82) is 0 Å². The van der Waals surface area contributed by atoms with Crippen molar-refractivity contribution in [3.8, 4) is 0 Å². The maximum absolute atomic E-state index is 4.49. The highest BCUT2D eigenvalue weighted by atomic mass is 79.9. The van der Waals surface area contributed by atoms with Crippen LogP contribution < -0.4 is 10.6 Å². The zero-order valence-corrected chi connectivity index (χ0v) is 15.4. The number of rotatable bonds is 8. The van der Waals surface area contributed by atoms with Gasteiger partial charge in [0.15, 0.2) is 0 Å². The number of hydrogen-bond acceptors (Lipinski definition) is 3. The molecule has 0 fully saturated rings. The van der Waals surface area contributed by atoms with E-state index in [1.807, 2.05) is 20.2 Å². The second-order valence-corrected chi connectivity index (χ2v) is 6.51. The Kier molecular flexibility index (Phi) is 7.97. The average Bonchev–Trinajstić information content (AvgIpc) is 2.46. The minimum atomic E-state index is 0.613. The Labute approximate surface area is 137 Å². The normalized spacial score (nSPS) is 14.9. The molecular weight excluding hydrogens is 326 g/mol. The van der Waals surface area contributed by atoms with Gasteiger partial charge in [-0.1, -0.05) is 19.9 Å². The predicted molar refractivity (Wildman–Crippen MR) is 96.6 cm³/mol. The van der Waals surface area contributed by atoms with E-state index < -0.39 is 0 Å². The zero-order valence-electron chi connectivity index (χ0n) is 13.8. The van der Waals surface area contributed by atoms with Crippen LogP contribution in [0.4, 0.5) is 5.82 Å². The van der Waals surface area contributed by atoms with E-state index in [0.29, 0.717) is 11.8 Å². The lowest BCUT2D eigenvalue weighted by Crippen LogP contribution is -2.18. The summed E-state index contributed by atoms with van der Waals surface area (Å²) in [5, 5.41) is 6.44. The largest absolute Gasteiger partial charge is 0.373 e. The van der Waals surface area contributed by atoms with E-state index in [1.165, 1.54) is 24.0 Å². The van der Waals surface area contributed by atoms with Gasteiger partial charge in [0.05, 0.1) is 0 Å². The zero-order chi connectivity index (χ0) is 15.8. The third-order valence-electron chi connectivity index (χ3n) is 3.79. The third kappa shape index (κ3) is 5.79. The Morgan fingerprint density at radius 3 is 2.67 bits per heavy atom. The number of aromatic nitrogens is 1. The first-order chi connectivity index (χ1) is 10.0. The van der Waals surface area contributed by atoms with Crippen molar-refractivity contribution in [1.82, 2.24) is 10.3 Å². The van der Waals surface area contributed by atoms with Gasteiger partial charge in [-0.05, 0) is 78.8 Å². The molecule has 0 bridgehead atoms. The van der Waals surface area contributed by atoms with Crippen LogP contribution in [0.25, 0.3) is 5.57 Å². The van der Waals surface area contributed by atoms with Crippen LogP contribution in [-0.4, -0.2) is 25.6 Å². The standard InChI is InChI=1S/C17H28BrN3/c1-6-14(9-12(2)11-19-4)10-13(3)15-7-8-16(18)21-17(15)20-5/h7-8,10,12,14,19H,6,9,11H2,1-5H3,(H,20,21)/b13-10+. The van der Waals surface area contributed by atoms with Gasteiger partial charge in [-0.2, -0.15) is 0 Å². The number of pyridine rings is 1. The molecule has 4 heteroatoms. The molecule has 0 aliphatic carbocycles. The quantitative estimate of drug-likeness (QED) is 0.672. The van der Waals surface area contributed by atoms with Crippen LogP contribution in [-0.2, 0) is 0 Å². The van der Waals surface area contributed by atoms with Crippen LogP contribution in [0, 0.1) is 11.8 Å². The second kappa shape index (κ2) is 9.21. The van der Waals surface area contributed by atoms with Crippen molar-refractivity contribution >= 4 is 27.3 Å². The van der Waals surface area contributed by atoms with E-state index in [1.54, 1.807) is 0 Å². The topological polar surface area (TPSA) is 37.0 Å². The first-order valence-corrected chi connectivity index (χ1v) is 8.48. The molecule has 21 heavy (non-hydrogen) atoms. The highest BCUT2D eigenvalue weighted by Crippen LogP contribution is 2.27. The lowest BCUT2D eigenvalue weighted by Gasteiger charge is -2.18. The fourth-order valence-corrected chi connectivity index (χ4v) is 3.00. The molecule has 2 unspecified atom stereocenters. The molecule has 2 atom stereocenters. The summed E-state index contributed by atoms with van der Waals surface area (Å²) in [6.45, 7) is 7.82. The summed E-state index contributed by atoms with van der Waals surface area (Å²) in [7, 11) is 3.93. The van der Waals surface area contributed by atoms with Crippen LogP contribution in [0.2, 0.25) is 0 Å². The molecule has 1 heterocycles. The minimum absolute atomic E-state index is 0.613. The van der Waals surface area contributed by atoms with Crippen LogP contribution >= 0.6 is 15.9 Å². The summed E-state index contributed by atoms with van der Waals surface area (Å²) in [6.07, 6.45) is 4.79. The van der Waals surface area contributed by atoms with E-state index in [4.69, 9.17) is 0 Å². The summed E-state index contributed by atoms with van der Waals surface area (Å²) in [4.78, 5) is 4.49. The molecule has 1 aromatic rings. The highest BCUT2D eigenvalue weighted by molar-refractivity contribution is 9.10. The first-order valence-electron chi connectivity index (χ1n) is 7.69. The fourth-order valence-electron chi connectivity index (χ4n) is 2.69. The molecular formula is C17H28BrN3. The van der Waals surface area contributed by atoms with Gasteiger partial charge < -0.3 is 10.6 Å². The number of allylic oxidation sites excluding steroid dienone is 2. The lowest BCUT2D eigenvalue weighted by molar-refractivity contribution is 0.424. The molecule has 2 N–H and O–H groups in total. The molecule has 3 nitrogen and oxygen atoms in total. The first kappa shape index (κ1) is 18.2. The number of halogens is 1. The van der Waals surface area contributed by atoms with Gasteiger partial charge in [0.1, 0.15) is 10.4 Å². The monoisotopic (exact) mass is 353 g/mol. The molecule has 1 rings (SSSR count). The van der Waals surface area contributed by atoms with Gasteiger partial charge in [0.25, 0.3) is 0 Å². The van der Waals surface area contributed by atoms with Crippen molar-refractivity contribution in [3.63, 3.8) is 0 Å². The fraction of sp³-hybridized carbons (Fsp3) is 0.588. The maximum atomic E-state index is 4.49. The lowest BCUT2D eigenvalue weighted by atomic mass is 9.90. The van der Waals surface area contributed by atoms with Crippen molar-refractivity contribution in [2.75, 3.05) is 26.0 Å². The van der Waals surface area contributed by atoms with Crippen molar-refractivity contribution in [2.45, 2.75) is 33.6 Å². The van der Waals surface area contributed by atoms with Gasteiger partial charge in [-0.25, -0.2) is 4.98 Å². The molecule has 0 aliphatic heterocycles. The van der Waals surface area contributed by atoms with Crippen LogP contribution in [0.1, 0.15) is 39.2 Å².